The molecular formula is C6H12Br2Mg2. The summed E-state index contributed by atoms with van der Waals surface area (Å²) in [4.78, 5) is 0. The van der Waals surface area contributed by atoms with E-state index in [4.69, 9.17) is 0 Å². The Labute approximate surface area is 118 Å². The molecule has 0 radical (unpaired) electrons. The summed E-state index contributed by atoms with van der Waals surface area (Å²) in [5, 5.41) is 0. The maximum absolute atomic E-state index is 3.69. The molecule has 0 saturated heterocycles. The summed E-state index contributed by atoms with van der Waals surface area (Å²) in [6.45, 7) is 5.84. The van der Waals surface area contributed by atoms with E-state index in [1.54, 1.807) is 0 Å². The second-order valence-electron chi connectivity index (χ2n) is 1.34. The van der Waals surface area contributed by atoms with Crippen LogP contribution in [0, 0.1) is 13.3 Å². The van der Waals surface area contributed by atoms with Gasteiger partial charge >= 0.3 is 46.1 Å². The topological polar surface area (TPSA) is 0 Å². The van der Waals surface area contributed by atoms with Gasteiger partial charge in [0.25, 0.3) is 0 Å². The number of rotatable bonds is 3. The summed E-state index contributed by atoms with van der Waals surface area (Å²) in [5.74, 6) is 0. The molecule has 0 fully saturated rings. The van der Waals surface area contributed by atoms with E-state index in [2.05, 4.69) is 20.3 Å². The van der Waals surface area contributed by atoms with Gasteiger partial charge in [0.05, 0.1) is 0 Å². The van der Waals surface area contributed by atoms with Crippen molar-refractivity contribution in [3.05, 3.63) is 13.3 Å². The Kier molecular flexibility index (Phi) is 88.2. The summed E-state index contributed by atoms with van der Waals surface area (Å²) in [7, 11) is 0. The maximum Gasteiger partial charge on any atom is 2.00 e. The first-order valence-electron chi connectivity index (χ1n) is 2.52. The fourth-order valence-corrected chi connectivity index (χ4v) is 0.348. The fourth-order valence-electron chi connectivity index (χ4n) is 0.348. The van der Waals surface area contributed by atoms with Gasteiger partial charge in [-0.1, -0.05) is 6.92 Å². The molecule has 10 heavy (non-hydrogen) atoms. The Morgan fingerprint density at radius 1 is 1.20 bits per heavy atom. The SMILES string of the molecule is [Br-].[Br-].[CH2-]CC[CH-]CC.[Mg+2].[Mg+2]. The molecular weight excluding hydrogens is 280 g/mol. The number of halogens is 2. The van der Waals surface area contributed by atoms with Crippen molar-refractivity contribution in [2.45, 2.75) is 26.2 Å². The second-order valence-corrected chi connectivity index (χ2v) is 1.34. The number of hydrogen-bond acceptors (Lipinski definition) is 0. The molecule has 0 aromatic carbocycles. The zero-order valence-electron chi connectivity index (χ0n) is 6.58. The molecule has 0 rings (SSSR count). The molecule has 0 unspecified atom stereocenters. The van der Waals surface area contributed by atoms with Crippen molar-refractivity contribution in [2.75, 3.05) is 0 Å². The molecule has 0 N–H and O–H groups in total. The zero-order chi connectivity index (χ0) is 4.83. The van der Waals surface area contributed by atoms with E-state index in [0.717, 1.165) is 6.42 Å². The third-order valence-electron chi connectivity index (χ3n) is 0.697. The molecule has 4 heteroatoms. The third kappa shape index (κ3) is 31.3. The van der Waals surface area contributed by atoms with E-state index in [9.17, 15) is 0 Å². The first kappa shape index (κ1) is 29.4. The maximum atomic E-state index is 3.69. The van der Waals surface area contributed by atoms with Crippen LogP contribution in [0.5, 0.6) is 0 Å². The smallest absolute Gasteiger partial charge is 1.00 e. The van der Waals surface area contributed by atoms with Crippen LogP contribution in [0.3, 0.4) is 0 Å². The molecule has 0 aliphatic rings. The first-order valence-corrected chi connectivity index (χ1v) is 2.52. The molecule has 0 saturated carbocycles. The Morgan fingerprint density at radius 3 is 1.70 bits per heavy atom. The van der Waals surface area contributed by atoms with Crippen LogP contribution in [0.2, 0.25) is 0 Å². The van der Waals surface area contributed by atoms with Crippen LogP contribution >= 0.6 is 0 Å². The van der Waals surface area contributed by atoms with Crippen molar-refractivity contribution in [3.8, 4) is 0 Å². The minimum Gasteiger partial charge on any atom is -1.00 e. The monoisotopic (exact) mass is 290 g/mol. The molecule has 0 atom stereocenters. The average Bonchev–Trinajstić information content (AvgIpc) is 1.61. The molecule has 0 amide bonds. The van der Waals surface area contributed by atoms with Crippen LogP contribution in [-0.2, 0) is 0 Å². The molecule has 0 aromatic rings. The van der Waals surface area contributed by atoms with Gasteiger partial charge in [0.1, 0.15) is 0 Å². The Balaban J connectivity index is -0.0000000208. The predicted molar refractivity (Wildman–Crippen MR) is 40.7 cm³/mol. The quantitative estimate of drug-likeness (QED) is 0.279. The van der Waals surface area contributed by atoms with Gasteiger partial charge in [0.2, 0.25) is 0 Å². The Hall–Kier alpha value is 2.49. The summed E-state index contributed by atoms with van der Waals surface area (Å²) in [6, 6.07) is 0. The summed E-state index contributed by atoms with van der Waals surface area (Å²) in [5.41, 5.74) is 0. The van der Waals surface area contributed by atoms with E-state index in [1.807, 2.05) is 0 Å². The van der Waals surface area contributed by atoms with Crippen LogP contribution < -0.4 is 34.0 Å². The minimum atomic E-state index is 0. The van der Waals surface area contributed by atoms with Gasteiger partial charge in [-0.2, -0.15) is 6.42 Å². The number of unbranched alkanes of at least 4 members (excludes halogenated alkanes) is 3. The molecule has 0 bridgehead atoms. The fraction of sp³-hybridized carbons (Fsp3) is 0.667. The summed E-state index contributed by atoms with van der Waals surface area (Å²) in [6.07, 6.45) is 5.66. The third-order valence-corrected chi connectivity index (χ3v) is 0.697. The standard InChI is InChI=1S/C6H12.2BrH.2Mg/c1-3-5-6-4-2;;;;/h6H,1,3-5H2,2H3;2*1H;;/q-2;;;2*+2/p-2. The van der Waals surface area contributed by atoms with E-state index in [-0.39, 0.29) is 80.1 Å². The van der Waals surface area contributed by atoms with Crippen LogP contribution in [0.4, 0.5) is 0 Å². The van der Waals surface area contributed by atoms with Gasteiger partial charge < -0.3 is 47.3 Å². The van der Waals surface area contributed by atoms with E-state index < -0.39 is 0 Å². The predicted octanol–water partition coefficient (Wildman–Crippen LogP) is -4.54. The molecule has 0 aliphatic carbocycles. The largest absolute Gasteiger partial charge is 2.00 e. The summed E-state index contributed by atoms with van der Waals surface area (Å²) >= 11 is 0. The molecule has 0 aliphatic heterocycles. The van der Waals surface area contributed by atoms with Crippen molar-refractivity contribution in [2.24, 2.45) is 0 Å². The molecule has 0 spiro atoms. The van der Waals surface area contributed by atoms with Crippen LogP contribution in [0.25, 0.3) is 0 Å². The Morgan fingerprint density at radius 2 is 1.60 bits per heavy atom. The van der Waals surface area contributed by atoms with Crippen molar-refractivity contribution in [1.82, 2.24) is 0 Å². The second kappa shape index (κ2) is 30.0. The number of hydrogen-bond donors (Lipinski definition) is 0. The Bertz CT molecular complexity index is 25.7. The van der Waals surface area contributed by atoms with Crippen molar-refractivity contribution >= 4 is 46.1 Å². The van der Waals surface area contributed by atoms with Gasteiger partial charge in [-0.25, -0.2) is 12.8 Å². The minimum absolute atomic E-state index is 0. The van der Waals surface area contributed by atoms with Gasteiger partial charge in [0.15, 0.2) is 0 Å². The zero-order valence-corrected chi connectivity index (χ0v) is 12.6. The van der Waals surface area contributed by atoms with Gasteiger partial charge in [-0.05, 0) is 0 Å². The average molecular weight is 293 g/mol. The van der Waals surface area contributed by atoms with Crippen molar-refractivity contribution in [3.63, 3.8) is 0 Å². The van der Waals surface area contributed by atoms with E-state index in [1.165, 1.54) is 12.8 Å². The van der Waals surface area contributed by atoms with Gasteiger partial charge in [0, 0.05) is 0 Å². The normalized spacial score (nSPS) is 5.40. The van der Waals surface area contributed by atoms with Crippen molar-refractivity contribution in [1.29, 1.82) is 0 Å². The van der Waals surface area contributed by atoms with Crippen molar-refractivity contribution < 1.29 is 34.0 Å². The first-order chi connectivity index (χ1) is 2.91. The van der Waals surface area contributed by atoms with Crippen LogP contribution in [-0.4, -0.2) is 46.1 Å². The van der Waals surface area contributed by atoms with E-state index in [0.29, 0.717) is 0 Å². The molecule has 0 nitrogen and oxygen atoms in total. The van der Waals surface area contributed by atoms with Gasteiger partial charge in [-0.15, -0.1) is 0 Å². The molecule has 54 valence electrons. The van der Waals surface area contributed by atoms with Crippen LogP contribution in [0.1, 0.15) is 26.2 Å². The summed E-state index contributed by atoms with van der Waals surface area (Å²) < 4.78 is 0. The van der Waals surface area contributed by atoms with Crippen LogP contribution in [0.15, 0.2) is 0 Å². The van der Waals surface area contributed by atoms with Gasteiger partial charge in [-0.3, -0.25) is 0 Å². The molecule has 0 heterocycles. The van der Waals surface area contributed by atoms with E-state index >= 15 is 0 Å². The molecule has 0 aromatic heterocycles.